The van der Waals surface area contributed by atoms with Crippen LogP contribution in [0.15, 0.2) is 16.7 Å². The lowest BCUT2D eigenvalue weighted by atomic mass is 10.1. The van der Waals surface area contributed by atoms with Gasteiger partial charge < -0.3 is 10.6 Å². The van der Waals surface area contributed by atoms with Gasteiger partial charge in [0, 0.05) is 12.6 Å². The molecule has 0 fully saturated rings. The molecule has 1 aliphatic rings. The lowest BCUT2D eigenvalue weighted by Gasteiger charge is -2.12. The van der Waals surface area contributed by atoms with Crippen LogP contribution in [0.5, 0.6) is 0 Å². The number of hydrogen-bond acceptors (Lipinski definition) is 3. The molecule has 2 rings (SSSR count). The van der Waals surface area contributed by atoms with Crippen LogP contribution in [0.4, 0.5) is 0 Å². The van der Waals surface area contributed by atoms with Crippen LogP contribution in [-0.2, 0) is 6.54 Å². The second kappa shape index (κ2) is 5.33. The van der Waals surface area contributed by atoms with Gasteiger partial charge in [-0.2, -0.15) is 5.10 Å². The summed E-state index contributed by atoms with van der Waals surface area (Å²) in [5.74, 6) is 0. The molecule has 0 spiro atoms. The summed E-state index contributed by atoms with van der Waals surface area (Å²) in [4.78, 5) is 2.16. The van der Waals surface area contributed by atoms with Gasteiger partial charge in [0.15, 0.2) is 0 Å². The zero-order valence-electron chi connectivity index (χ0n) is 10.4. The third-order valence-corrected chi connectivity index (χ3v) is 3.60. The molecule has 0 saturated carbocycles. The van der Waals surface area contributed by atoms with E-state index in [2.05, 4.69) is 50.8 Å². The molecule has 17 heavy (non-hydrogen) atoms. The highest BCUT2D eigenvalue weighted by atomic mass is 79.9. The van der Waals surface area contributed by atoms with E-state index in [1.54, 1.807) is 0 Å². The van der Waals surface area contributed by atoms with Gasteiger partial charge in [-0.3, -0.25) is 4.68 Å². The summed E-state index contributed by atoms with van der Waals surface area (Å²) in [6.07, 6.45) is 6.12. The smallest absolute Gasteiger partial charge is 0.0782 e. The summed E-state index contributed by atoms with van der Waals surface area (Å²) in [6.45, 7) is 1.89. The third-order valence-electron chi connectivity index (χ3n) is 3.02. The fraction of sp³-hybridized carbons (Fsp3) is 0.583. The van der Waals surface area contributed by atoms with Crippen molar-refractivity contribution in [3.05, 3.63) is 22.4 Å². The first kappa shape index (κ1) is 12.8. The maximum Gasteiger partial charge on any atom is 0.0782 e. The number of nitrogens with two attached hydrogens (primary N) is 1. The average molecular weight is 299 g/mol. The molecule has 2 N–H and O–H groups in total. The topological polar surface area (TPSA) is 47.1 Å². The van der Waals surface area contributed by atoms with E-state index in [1.807, 2.05) is 6.20 Å². The molecule has 1 atom stereocenters. The number of halogens is 1. The predicted octanol–water partition coefficient (Wildman–Crippen LogP) is 1.71. The van der Waals surface area contributed by atoms with Crippen LogP contribution in [0, 0.1) is 0 Å². The molecule has 0 radical (unpaired) electrons. The third kappa shape index (κ3) is 2.97. The molecule has 0 saturated heterocycles. The molecule has 1 aromatic heterocycles. The normalized spacial score (nSPS) is 20.1. The van der Waals surface area contributed by atoms with Crippen LogP contribution >= 0.6 is 15.9 Å². The Balaban J connectivity index is 2.20. The Hall–Kier alpha value is -0.650. The van der Waals surface area contributed by atoms with Crippen LogP contribution in [-0.4, -0.2) is 41.4 Å². The van der Waals surface area contributed by atoms with Gasteiger partial charge in [0.25, 0.3) is 0 Å². The molecule has 0 amide bonds. The largest absolute Gasteiger partial charge is 0.324 e. The highest BCUT2D eigenvalue weighted by molar-refractivity contribution is 9.10. The van der Waals surface area contributed by atoms with Crippen molar-refractivity contribution >= 4 is 21.5 Å². The van der Waals surface area contributed by atoms with Crippen molar-refractivity contribution in [2.45, 2.75) is 25.4 Å². The molecule has 0 bridgehead atoms. The minimum Gasteiger partial charge on any atom is -0.324 e. The van der Waals surface area contributed by atoms with E-state index in [0.717, 1.165) is 30.4 Å². The average Bonchev–Trinajstić information content (AvgIpc) is 2.82. The van der Waals surface area contributed by atoms with Crippen molar-refractivity contribution < 1.29 is 0 Å². The minimum absolute atomic E-state index is 0.203. The first-order valence-electron chi connectivity index (χ1n) is 5.90. The molecule has 0 aromatic carbocycles. The lowest BCUT2D eigenvalue weighted by Crippen LogP contribution is -2.20. The van der Waals surface area contributed by atoms with Crippen molar-refractivity contribution in [2.24, 2.45) is 5.73 Å². The van der Waals surface area contributed by atoms with Gasteiger partial charge >= 0.3 is 0 Å². The Morgan fingerprint density at radius 2 is 2.35 bits per heavy atom. The Morgan fingerprint density at radius 1 is 1.59 bits per heavy atom. The van der Waals surface area contributed by atoms with Crippen molar-refractivity contribution in [1.82, 2.24) is 14.7 Å². The van der Waals surface area contributed by atoms with Gasteiger partial charge in [-0.15, -0.1) is 0 Å². The van der Waals surface area contributed by atoms with Gasteiger partial charge in [0.05, 0.1) is 22.9 Å². The number of nitrogens with zero attached hydrogens (tertiary/aromatic N) is 3. The van der Waals surface area contributed by atoms with Gasteiger partial charge in [0.2, 0.25) is 0 Å². The summed E-state index contributed by atoms with van der Waals surface area (Å²) in [6, 6.07) is 0.203. The standard InChI is InChI=1S/C12H19BrN4/c1-16(2)5-6-17-12(11(13)8-15-17)9-3-4-10(14)7-9/h7-8,10H,3-6,14H2,1-2H3. The minimum atomic E-state index is 0.203. The predicted molar refractivity (Wildman–Crippen MR) is 73.7 cm³/mol. The van der Waals surface area contributed by atoms with Gasteiger partial charge in [0.1, 0.15) is 0 Å². The molecule has 5 heteroatoms. The quantitative estimate of drug-likeness (QED) is 0.921. The molecule has 1 heterocycles. The zero-order chi connectivity index (χ0) is 12.4. The maximum atomic E-state index is 5.92. The van der Waals surface area contributed by atoms with E-state index in [0.29, 0.717) is 0 Å². The molecule has 1 unspecified atom stereocenters. The van der Waals surface area contributed by atoms with E-state index < -0.39 is 0 Å². The second-order valence-corrected chi connectivity index (χ2v) is 5.62. The van der Waals surface area contributed by atoms with Crippen molar-refractivity contribution in [3.8, 4) is 0 Å². The van der Waals surface area contributed by atoms with E-state index in [9.17, 15) is 0 Å². The lowest BCUT2D eigenvalue weighted by molar-refractivity contribution is 0.372. The highest BCUT2D eigenvalue weighted by Gasteiger charge is 2.19. The van der Waals surface area contributed by atoms with Crippen molar-refractivity contribution in [1.29, 1.82) is 0 Å². The molecule has 1 aliphatic carbocycles. The van der Waals surface area contributed by atoms with Crippen LogP contribution in [0.2, 0.25) is 0 Å². The Morgan fingerprint density at radius 3 is 2.94 bits per heavy atom. The molecular formula is C12H19BrN4. The monoisotopic (exact) mass is 298 g/mol. The molecule has 4 nitrogen and oxygen atoms in total. The van der Waals surface area contributed by atoms with E-state index >= 15 is 0 Å². The number of allylic oxidation sites excluding steroid dienone is 1. The number of rotatable bonds is 4. The fourth-order valence-corrected chi connectivity index (χ4v) is 2.64. The van der Waals surface area contributed by atoms with Gasteiger partial charge in [-0.05, 0) is 48.4 Å². The van der Waals surface area contributed by atoms with E-state index in [1.165, 1.54) is 11.3 Å². The first-order chi connectivity index (χ1) is 8.08. The molecule has 94 valence electrons. The summed E-state index contributed by atoms with van der Waals surface area (Å²) >= 11 is 3.58. The van der Waals surface area contributed by atoms with Crippen LogP contribution in [0.3, 0.4) is 0 Å². The summed E-state index contributed by atoms with van der Waals surface area (Å²) in [5, 5.41) is 4.42. The maximum absolute atomic E-state index is 5.92. The first-order valence-corrected chi connectivity index (χ1v) is 6.70. The zero-order valence-corrected chi connectivity index (χ0v) is 11.9. The van der Waals surface area contributed by atoms with Gasteiger partial charge in [-0.1, -0.05) is 6.08 Å². The van der Waals surface area contributed by atoms with Crippen molar-refractivity contribution in [2.75, 3.05) is 20.6 Å². The number of aromatic nitrogens is 2. The van der Waals surface area contributed by atoms with E-state index in [4.69, 9.17) is 5.73 Å². The second-order valence-electron chi connectivity index (χ2n) is 4.76. The summed E-state index contributed by atoms with van der Waals surface area (Å²) in [5.41, 5.74) is 8.44. The van der Waals surface area contributed by atoms with Gasteiger partial charge in [-0.25, -0.2) is 0 Å². The summed E-state index contributed by atoms with van der Waals surface area (Å²) in [7, 11) is 4.14. The Labute approximate surface area is 111 Å². The fourth-order valence-electron chi connectivity index (χ4n) is 2.09. The number of hydrogen-bond donors (Lipinski definition) is 1. The van der Waals surface area contributed by atoms with Crippen LogP contribution in [0.1, 0.15) is 18.5 Å². The van der Waals surface area contributed by atoms with Crippen molar-refractivity contribution in [3.63, 3.8) is 0 Å². The highest BCUT2D eigenvalue weighted by Crippen LogP contribution is 2.32. The summed E-state index contributed by atoms with van der Waals surface area (Å²) < 4.78 is 3.13. The van der Waals surface area contributed by atoms with Crippen LogP contribution < -0.4 is 5.73 Å². The van der Waals surface area contributed by atoms with E-state index in [-0.39, 0.29) is 6.04 Å². The molecule has 1 aromatic rings. The number of likely N-dealkylation sites (N-methyl/N-ethyl adjacent to an activating group) is 1. The SMILES string of the molecule is CN(C)CCn1ncc(Br)c1C1=CC(N)CC1. The Bertz CT molecular complexity index is 422. The Kier molecular flexibility index (Phi) is 4.01. The molecular weight excluding hydrogens is 280 g/mol. The van der Waals surface area contributed by atoms with Crippen LogP contribution in [0.25, 0.3) is 5.57 Å². The molecule has 0 aliphatic heterocycles.